The zero-order valence-corrected chi connectivity index (χ0v) is 12.9. The number of hydrogen-bond donors (Lipinski definition) is 1. The predicted molar refractivity (Wildman–Crippen MR) is 82.6 cm³/mol. The summed E-state index contributed by atoms with van der Waals surface area (Å²) in [7, 11) is 0. The second-order valence-electron chi connectivity index (χ2n) is 5.16. The van der Waals surface area contributed by atoms with Crippen molar-refractivity contribution in [1.82, 2.24) is 0 Å². The van der Waals surface area contributed by atoms with Gasteiger partial charge in [-0.3, -0.25) is 0 Å². The van der Waals surface area contributed by atoms with Crippen molar-refractivity contribution in [2.75, 3.05) is 13.2 Å². The lowest BCUT2D eigenvalue weighted by Crippen LogP contribution is -2.18. The quantitative estimate of drug-likeness (QED) is 0.896. The largest absolute Gasteiger partial charge is 0.573 e. The Morgan fingerprint density at radius 2 is 1.74 bits per heavy atom. The molecular formula is C17H18F3NO2. The monoisotopic (exact) mass is 325 g/mol. The molecule has 2 rings (SSSR count). The maximum Gasteiger partial charge on any atom is 0.573 e. The van der Waals surface area contributed by atoms with Crippen LogP contribution >= 0.6 is 0 Å². The van der Waals surface area contributed by atoms with Crippen LogP contribution in [0.15, 0.2) is 36.4 Å². The van der Waals surface area contributed by atoms with Crippen LogP contribution in [0.3, 0.4) is 0 Å². The van der Waals surface area contributed by atoms with Crippen LogP contribution in [0, 0.1) is 13.8 Å². The van der Waals surface area contributed by atoms with E-state index in [1.807, 2.05) is 32.0 Å². The van der Waals surface area contributed by atoms with E-state index in [9.17, 15) is 13.2 Å². The number of benzene rings is 2. The van der Waals surface area contributed by atoms with Gasteiger partial charge in [-0.2, -0.15) is 0 Å². The highest BCUT2D eigenvalue weighted by Crippen LogP contribution is 2.36. The fourth-order valence-corrected chi connectivity index (χ4v) is 2.30. The minimum absolute atomic E-state index is 0.0188. The summed E-state index contributed by atoms with van der Waals surface area (Å²) < 4.78 is 46.7. The second kappa shape index (κ2) is 6.91. The Balaban J connectivity index is 2.42. The number of nitrogens with two attached hydrogens (primary N) is 1. The molecule has 2 aromatic carbocycles. The van der Waals surface area contributed by atoms with Gasteiger partial charge in [0.05, 0.1) is 0 Å². The van der Waals surface area contributed by atoms with Gasteiger partial charge in [-0.25, -0.2) is 0 Å². The first-order valence-electron chi connectivity index (χ1n) is 7.10. The Labute approximate surface area is 132 Å². The van der Waals surface area contributed by atoms with Crippen molar-refractivity contribution in [3.05, 3.63) is 47.5 Å². The molecule has 0 bridgehead atoms. The Morgan fingerprint density at radius 3 is 2.35 bits per heavy atom. The highest BCUT2D eigenvalue weighted by atomic mass is 19.4. The molecular weight excluding hydrogens is 307 g/mol. The fraction of sp³-hybridized carbons (Fsp3) is 0.294. The molecule has 2 aromatic rings. The molecule has 0 saturated heterocycles. The molecule has 3 nitrogen and oxygen atoms in total. The molecule has 2 N–H and O–H groups in total. The van der Waals surface area contributed by atoms with Crippen molar-refractivity contribution in [3.63, 3.8) is 0 Å². The molecule has 23 heavy (non-hydrogen) atoms. The first kappa shape index (κ1) is 17.1. The van der Waals surface area contributed by atoms with E-state index < -0.39 is 6.36 Å². The molecule has 0 radical (unpaired) electrons. The lowest BCUT2D eigenvalue weighted by atomic mass is 9.98. The van der Waals surface area contributed by atoms with Gasteiger partial charge in [-0.1, -0.05) is 29.8 Å². The molecule has 0 aromatic heterocycles. The number of halogens is 3. The summed E-state index contributed by atoms with van der Waals surface area (Å²) in [4.78, 5) is 0. The van der Waals surface area contributed by atoms with E-state index in [0.717, 1.165) is 22.3 Å². The summed E-state index contributed by atoms with van der Waals surface area (Å²) in [6.45, 7) is 4.22. The van der Waals surface area contributed by atoms with Crippen LogP contribution < -0.4 is 15.2 Å². The van der Waals surface area contributed by atoms with Gasteiger partial charge >= 0.3 is 6.36 Å². The highest BCUT2D eigenvalue weighted by Gasteiger charge is 2.32. The van der Waals surface area contributed by atoms with Gasteiger partial charge in [0.2, 0.25) is 0 Å². The second-order valence-corrected chi connectivity index (χ2v) is 5.16. The van der Waals surface area contributed by atoms with Crippen LogP contribution in [0.25, 0.3) is 11.1 Å². The molecule has 0 fully saturated rings. The molecule has 0 aliphatic heterocycles. The van der Waals surface area contributed by atoms with Crippen molar-refractivity contribution in [2.45, 2.75) is 20.2 Å². The standard InChI is InChI=1S/C17H18F3NO2/c1-11-3-5-14(12(2)9-11)13-4-6-15(23-17(18,19)20)16(10-13)22-8-7-21/h3-6,9-10H,7-8,21H2,1-2H3. The van der Waals surface area contributed by atoms with E-state index in [0.29, 0.717) is 0 Å². The van der Waals surface area contributed by atoms with Crippen LogP contribution in [-0.4, -0.2) is 19.5 Å². The fourth-order valence-electron chi connectivity index (χ4n) is 2.30. The van der Waals surface area contributed by atoms with Crippen molar-refractivity contribution in [3.8, 4) is 22.6 Å². The summed E-state index contributed by atoms with van der Waals surface area (Å²) in [6, 6.07) is 10.3. The van der Waals surface area contributed by atoms with E-state index in [4.69, 9.17) is 10.5 Å². The van der Waals surface area contributed by atoms with Crippen molar-refractivity contribution < 1.29 is 22.6 Å². The van der Waals surface area contributed by atoms with Crippen LogP contribution in [0.4, 0.5) is 13.2 Å². The van der Waals surface area contributed by atoms with Crippen LogP contribution in [-0.2, 0) is 0 Å². The Kier molecular flexibility index (Phi) is 5.15. The zero-order chi connectivity index (χ0) is 17.0. The average molecular weight is 325 g/mol. The third-order valence-electron chi connectivity index (χ3n) is 3.24. The number of rotatable bonds is 5. The number of hydrogen-bond acceptors (Lipinski definition) is 3. The predicted octanol–water partition coefficient (Wildman–Crippen LogP) is 4.21. The summed E-state index contributed by atoms with van der Waals surface area (Å²) in [5.41, 5.74) is 9.17. The molecule has 0 heterocycles. The molecule has 124 valence electrons. The smallest absolute Gasteiger partial charge is 0.488 e. The Morgan fingerprint density at radius 1 is 1.00 bits per heavy atom. The normalized spacial score (nSPS) is 11.4. The van der Waals surface area contributed by atoms with Crippen molar-refractivity contribution >= 4 is 0 Å². The van der Waals surface area contributed by atoms with Gasteiger partial charge in [0, 0.05) is 6.54 Å². The molecule has 0 amide bonds. The third-order valence-corrected chi connectivity index (χ3v) is 3.24. The van der Waals surface area contributed by atoms with E-state index >= 15 is 0 Å². The van der Waals surface area contributed by atoms with E-state index in [1.165, 1.54) is 12.1 Å². The molecule has 0 aliphatic carbocycles. The number of alkyl halides is 3. The maximum absolute atomic E-state index is 12.5. The molecule has 0 saturated carbocycles. The third kappa shape index (κ3) is 4.63. The van der Waals surface area contributed by atoms with E-state index in [1.54, 1.807) is 6.07 Å². The summed E-state index contributed by atoms with van der Waals surface area (Å²) in [5, 5.41) is 0. The van der Waals surface area contributed by atoms with Crippen LogP contribution in [0.1, 0.15) is 11.1 Å². The van der Waals surface area contributed by atoms with E-state index in [-0.39, 0.29) is 24.7 Å². The summed E-state index contributed by atoms with van der Waals surface area (Å²) in [5.74, 6) is -0.357. The first-order valence-corrected chi connectivity index (χ1v) is 7.10. The first-order chi connectivity index (χ1) is 10.8. The number of aryl methyl sites for hydroxylation is 2. The summed E-state index contributed by atoms with van der Waals surface area (Å²) in [6.07, 6.45) is -4.78. The van der Waals surface area contributed by atoms with Crippen molar-refractivity contribution in [1.29, 1.82) is 0 Å². The molecule has 0 aliphatic rings. The van der Waals surface area contributed by atoms with Gasteiger partial charge in [0.15, 0.2) is 11.5 Å². The Hall–Kier alpha value is -2.21. The topological polar surface area (TPSA) is 44.5 Å². The SMILES string of the molecule is Cc1ccc(-c2ccc(OC(F)(F)F)c(OCCN)c2)c(C)c1. The van der Waals surface area contributed by atoms with Crippen LogP contribution in [0.5, 0.6) is 11.5 Å². The minimum atomic E-state index is -4.78. The number of ether oxygens (including phenoxy) is 2. The van der Waals surface area contributed by atoms with Gasteiger partial charge in [-0.05, 0) is 42.7 Å². The zero-order valence-electron chi connectivity index (χ0n) is 12.9. The average Bonchev–Trinajstić information content (AvgIpc) is 2.45. The molecule has 6 heteroatoms. The lowest BCUT2D eigenvalue weighted by Gasteiger charge is -2.16. The van der Waals surface area contributed by atoms with Crippen molar-refractivity contribution in [2.24, 2.45) is 5.73 Å². The molecule has 0 unspecified atom stereocenters. The van der Waals surface area contributed by atoms with Gasteiger partial charge in [0.1, 0.15) is 6.61 Å². The van der Waals surface area contributed by atoms with Gasteiger partial charge < -0.3 is 15.2 Å². The van der Waals surface area contributed by atoms with Crippen LogP contribution in [0.2, 0.25) is 0 Å². The van der Waals surface area contributed by atoms with Gasteiger partial charge in [-0.15, -0.1) is 13.2 Å². The highest BCUT2D eigenvalue weighted by molar-refractivity contribution is 5.70. The minimum Gasteiger partial charge on any atom is -0.488 e. The van der Waals surface area contributed by atoms with Gasteiger partial charge in [0.25, 0.3) is 0 Å². The molecule has 0 spiro atoms. The summed E-state index contributed by atoms with van der Waals surface area (Å²) >= 11 is 0. The Bertz CT molecular complexity index is 684. The molecule has 0 atom stereocenters. The maximum atomic E-state index is 12.5. The lowest BCUT2D eigenvalue weighted by molar-refractivity contribution is -0.275. The van der Waals surface area contributed by atoms with E-state index in [2.05, 4.69) is 4.74 Å².